The minimum Gasteiger partial charge on any atom is -0.383 e. The van der Waals surface area contributed by atoms with Crippen LogP contribution in [0.3, 0.4) is 0 Å². The predicted octanol–water partition coefficient (Wildman–Crippen LogP) is 2.68. The van der Waals surface area contributed by atoms with Crippen LogP contribution >= 0.6 is 15.9 Å². The summed E-state index contributed by atoms with van der Waals surface area (Å²) in [5.74, 6) is 0.800. The van der Waals surface area contributed by atoms with Crippen molar-refractivity contribution >= 4 is 31.8 Å². The zero-order valence-electron chi connectivity index (χ0n) is 11.3. The third-order valence-corrected chi connectivity index (χ3v) is 5.62. The van der Waals surface area contributed by atoms with Crippen molar-refractivity contribution in [3.63, 3.8) is 0 Å². The van der Waals surface area contributed by atoms with Crippen LogP contribution in [0.25, 0.3) is 0 Å². The second-order valence-corrected chi connectivity index (χ2v) is 7.88. The minimum absolute atomic E-state index is 0.0245. The Balaban J connectivity index is 1.88. The average molecular weight is 362 g/mol. The molecule has 1 aliphatic carbocycles. The van der Waals surface area contributed by atoms with Gasteiger partial charge < -0.3 is 5.73 Å². The molecular formula is C13H20BrN3O2S. The summed E-state index contributed by atoms with van der Waals surface area (Å²) in [6.07, 6.45) is 8.65. The van der Waals surface area contributed by atoms with Gasteiger partial charge in [0, 0.05) is 17.2 Å². The zero-order chi connectivity index (χ0) is 14.6. The molecule has 5 nitrogen and oxygen atoms in total. The third-order valence-electron chi connectivity index (χ3n) is 3.69. The maximum Gasteiger partial charge on any atom is 0.244 e. The molecule has 20 heavy (non-hydrogen) atoms. The van der Waals surface area contributed by atoms with E-state index < -0.39 is 10.0 Å². The van der Waals surface area contributed by atoms with E-state index >= 15 is 0 Å². The van der Waals surface area contributed by atoms with Crippen molar-refractivity contribution < 1.29 is 8.42 Å². The highest BCUT2D eigenvalue weighted by Crippen LogP contribution is 2.28. The lowest BCUT2D eigenvalue weighted by Gasteiger charge is -2.11. The Morgan fingerprint density at radius 3 is 2.80 bits per heavy atom. The van der Waals surface area contributed by atoms with Gasteiger partial charge in [-0.25, -0.2) is 18.1 Å². The lowest BCUT2D eigenvalue weighted by atomic mass is 10.0. The number of nitrogens with two attached hydrogens (primary N) is 1. The first kappa shape index (κ1) is 15.7. The largest absolute Gasteiger partial charge is 0.383 e. The molecule has 1 fully saturated rings. The molecule has 0 aliphatic heterocycles. The summed E-state index contributed by atoms with van der Waals surface area (Å²) < 4.78 is 27.5. The third kappa shape index (κ3) is 4.17. The number of rotatable bonds is 6. The van der Waals surface area contributed by atoms with Gasteiger partial charge in [-0.2, -0.15) is 0 Å². The van der Waals surface area contributed by atoms with Crippen LogP contribution in [-0.2, 0) is 10.0 Å². The lowest BCUT2D eigenvalue weighted by molar-refractivity contribution is 0.480. The van der Waals surface area contributed by atoms with Gasteiger partial charge >= 0.3 is 0 Å². The molecule has 1 aliphatic rings. The van der Waals surface area contributed by atoms with Crippen LogP contribution in [0.1, 0.15) is 38.5 Å². The summed E-state index contributed by atoms with van der Waals surface area (Å²) >= 11 is 3.21. The number of aromatic nitrogens is 1. The monoisotopic (exact) mass is 361 g/mol. The van der Waals surface area contributed by atoms with Gasteiger partial charge in [0.25, 0.3) is 0 Å². The van der Waals surface area contributed by atoms with Gasteiger partial charge in [0.15, 0.2) is 0 Å². The van der Waals surface area contributed by atoms with E-state index in [4.69, 9.17) is 5.73 Å². The molecule has 0 amide bonds. The number of anilines is 1. The van der Waals surface area contributed by atoms with E-state index in [1.165, 1.54) is 37.9 Å². The van der Waals surface area contributed by atoms with E-state index in [1.54, 1.807) is 0 Å². The maximum atomic E-state index is 12.1. The summed E-state index contributed by atoms with van der Waals surface area (Å²) in [4.78, 5) is 3.88. The molecule has 0 atom stereocenters. The van der Waals surface area contributed by atoms with Gasteiger partial charge in [0.05, 0.1) is 0 Å². The molecular weight excluding hydrogens is 342 g/mol. The molecule has 1 aromatic rings. The van der Waals surface area contributed by atoms with Crippen molar-refractivity contribution in [1.82, 2.24) is 9.71 Å². The highest BCUT2D eigenvalue weighted by Gasteiger charge is 2.19. The van der Waals surface area contributed by atoms with E-state index in [0.717, 1.165) is 18.8 Å². The Morgan fingerprint density at radius 2 is 2.10 bits per heavy atom. The highest BCUT2D eigenvalue weighted by atomic mass is 79.9. The molecule has 112 valence electrons. The maximum absolute atomic E-state index is 12.1. The number of hydrogen-bond donors (Lipinski definition) is 2. The van der Waals surface area contributed by atoms with Gasteiger partial charge in [-0.05, 0) is 40.8 Å². The van der Waals surface area contributed by atoms with Crippen molar-refractivity contribution in [2.45, 2.75) is 43.4 Å². The van der Waals surface area contributed by atoms with Crippen LogP contribution in [0.5, 0.6) is 0 Å². The standard InChI is InChI=1S/C13H20BrN3O2S/c14-11-8-12(13(15)16-9-11)20(18,19)17-7-3-6-10-4-1-2-5-10/h8-10,17H,1-7H2,(H2,15,16). The molecule has 7 heteroatoms. The Kier molecular flexibility index (Phi) is 5.40. The molecule has 2 rings (SSSR count). The van der Waals surface area contributed by atoms with Crippen LogP contribution in [0.4, 0.5) is 5.82 Å². The number of halogens is 1. The van der Waals surface area contributed by atoms with E-state index in [9.17, 15) is 8.42 Å². The van der Waals surface area contributed by atoms with Gasteiger partial charge in [-0.15, -0.1) is 0 Å². The molecule has 0 unspecified atom stereocenters. The Bertz CT molecular complexity index is 557. The van der Waals surface area contributed by atoms with Crippen LogP contribution in [0, 0.1) is 5.92 Å². The van der Waals surface area contributed by atoms with E-state index in [2.05, 4.69) is 25.6 Å². The molecule has 3 N–H and O–H groups in total. The number of nitrogens with one attached hydrogen (secondary N) is 1. The number of hydrogen-bond acceptors (Lipinski definition) is 4. The molecule has 0 spiro atoms. The predicted molar refractivity (Wildman–Crippen MR) is 82.7 cm³/mol. The Labute approximate surface area is 128 Å². The SMILES string of the molecule is Nc1ncc(Br)cc1S(=O)(=O)NCCCC1CCCC1. The fraction of sp³-hybridized carbons (Fsp3) is 0.615. The molecule has 1 heterocycles. The molecule has 0 bridgehead atoms. The normalized spacial score (nSPS) is 16.6. The van der Waals surface area contributed by atoms with Crippen molar-refractivity contribution in [2.24, 2.45) is 5.92 Å². The van der Waals surface area contributed by atoms with Gasteiger partial charge in [0.2, 0.25) is 10.0 Å². The van der Waals surface area contributed by atoms with Gasteiger partial charge in [-0.3, -0.25) is 0 Å². The first-order chi connectivity index (χ1) is 9.49. The van der Waals surface area contributed by atoms with Crippen LogP contribution in [0.15, 0.2) is 21.6 Å². The molecule has 0 aromatic carbocycles. The quantitative estimate of drug-likeness (QED) is 0.762. The summed E-state index contributed by atoms with van der Waals surface area (Å²) in [5, 5.41) is 0. The van der Waals surface area contributed by atoms with Crippen molar-refractivity contribution in [3.05, 3.63) is 16.7 Å². The van der Waals surface area contributed by atoms with E-state index in [0.29, 0.717) is 11.0 Å². The van der Waals surface area contributed by atoms with Crippen LogP contribution in [0.2, 0.25) is 0 Å². The first-order valence-corrected chi connectivity index (χ1v) is 9.17. The second kappa shape index (κ2) is 6.87. The smallest absolute Gasteiger partial charge is 0.244 e. The fourth-order valence-corrected chi connectivity index (χ4v) is 4.28. The highest BCUT2D eigenvalue weighted by molar-refractivity contribution is 9.10. The van der Waals surface area contributed by atoms with Gasteiger partial charge in [0.1, 0.15) is 10.7 Å². The first-order valence-electron chi connectivity index (χ1n) is 6.90. The van der Waals surface area contributed by atoms with Crippen molar-refractivity contribution in [2.75, 3.05) is 12.3 Å². The molecule has 1 aromatic heterocycles. The van der Waals surface area contributed by atoms with E-state index in [1.807, 2.05) is 0 Å². The topological polar surface area (TPSA) is 85.1 Å². The van der Waals surface area contributed by atoms with Crippen molar-refractivity contribution in [1.29, 1.82) is 0 Å². The van der Waals surface area contributed by atoms with E-state index in [-0.39, 0.29) is 10.7 Å². The van der Waals surface area contributed by atoms with Crippen LogP contribution in [-0.4, -0.2) is 19.9 Å². The number of nitrogens with zero attached hydrogens (tertiary/aromatic N) is 1. The van der Waals surface area contributed by atoms with Crippen molar-refractivity contribution in [3.8, 4) is 0 Å². The minimum atomic E-state index is -3.58. The zero-order valence-corrected chi connectivity index (χ0v) is 13.7. The Morgan fingerprint density at radius 1 is 1.40 bits per heavy atom. The number of pyridine rings is 1. The lowest BCUT2D eigenvalue weighted by Crippen LogP contribution is -2.26. The summed E-state index contributed by atoms with van der Waals surface area (Å²) in [7, 11) is -3.58. The van der Waals surface area contributed by atoms with Gasteiger partial charge in [-0.1, -0.05) is 25.7 Å². The number of nitrogen functional groups attached to an aromatic ring is 1. The second-order valence-electron chi connectivity index (χ2n) is 5.23. The summed E-state index contributed by atoms with van der Waals surface area (Å²) in [6.45, 7) is 0.449. The Hall–Kier alpha value is -0.660. The summed E-state index contributed by atoms with van der Waals surface area (Å²) in [6, 6.07) is 1.47. The average Bonchev–Trinajstić information content (AvgIpc) is 2.90. The molecule has 1 saturated carbocycles. The van der Waals surface area contributed by atoms with Crippen LogP contribution < -0.4 is 10.5 Å². The fourth-order valence-electron chi connectivity index (χ4n) is 2.62. The summed E-state index contributed by atoms with van der Waals surface area (Å²) in [5.41, 5.74) is 5.63. The molecule has 0 radical (unpaired) electrons. The number of sulfonamides is 1. The molecule has 0 saturated heterocycles.